The van der Waals surface area contributed by atoms with Crippen molar-refractivity contribution in [2.24, 2.45) is 0 Å². The van der Waals surface area contributed by atoms with Crippen molar-refractivity contribution in [3.8, 4) is 0 Å². The van der Waals surface area contributed by atoms with Crippen molar-refractivity contribution in [1.82, 2.24) is 8.75 Å². The first kappa shape index (κ1) is 22.0. The number of benzene rings is 3. The SMILES string of the molecule is Cc1ccc(C(=O)C(Cc2ccc([N+](=O)[O-])cc2)=C(C(=O)O)c2ccc3nsnc3c2)cc1. The zero-order chi connectivity index (χ0) is 23.5. The molecule has 0 aliphatic carbocycles. The van der Waals surface area contributed by atoms with Gasteiger partial charge < -0.3 is 5.11 Å². The standard InChI is InChI=1S/C24H17N3O5S/c1-14-2-6-16(7-3-14)23(28)19(12-15-4-9-18(10-5-15)27(31)32)22(24(29)30)17-8-11-20-21(13-17)26-33-25-20/h2-11,13H,12H2,1H3,(H,29,30). The fourth-order valence-electron chi connectivity index (χ4n) is 3.47. The molecule has 0 radical (unpaired) electrons. The summed E-state index contributed by atoms with van der Waals surface area (Å²) >= 11 is 1.02. The Morgan fingerprint density at radius 1 is 0.939 bits per heavy atom. The number of rotatable bonds is 7. The molecular weight excluding hydrogens is 442 g/mol. The Balaban J connectivity index is 1.88. The number of carboxylic acid groups (broad SMARTS) is 1. The van der Waals surface area contributed by atoms with Gasteiger partial charge in [-0.25, -0.2) is 4.79 Å². The first-order chi connectivity index (χ1) is 15.8. The maximum Gasteiger partial charge on any atom is 0.336 e. The molecule has 4 rings (SSSR count). The summed E-state index contributed by atoms with van der Waals surface area (Å²) in [5.41, 5.74) is 3.24. The van der Waals surface area contributed by atoms with E-state index < -0.39 is 16.7 Å². The van der Waals surface area contributed by atoms with Gasteiger partial charge in [0.25, 0.3) is 5.69 Å². The van der Waals surface area contributed by atoms with Gasteiger partial charge in [-0.1, -0.05) is 48.0 Å². The summed E-state index contributed by atoms with van der Waals surface area (Å²) < 4.78 is 8.30. The lowest BCUT2D eigenvalue weighted by molar-refractivity contribution is -0.384. The summed E-state index contributed by atoms with van der Waals surface area (Å²) in [5.74, 6) is -1.68. The number of aliphatic carboxylic acids is 1. The quantitative estimate of drug-likeness (QED) is 0.181. The van der Waals surface area contributed by atoms with E-state index in [1.807, 2.05) is 6.92 Å². The van der Waals surface area contributed by atoms with E-state index in [2.05, 4.69) is 8.75 Å². The van der Waals surface area contributed by atoms with Crippen LogP contribution < -0.4 is 0 Å². The Morgan fingerprint density at radius 2 is 1.58 bits per heavy atom. The van der Waals surface area contributed by atoms with Gasteiger partial charge in [-0.2, -0.15) is 8.75 Å². The van der Waals surface area contributed by atoms with E-state index in [0.717, 1.165) is 17.3 Å². The van der Waals surface area contributed by atoms with Gasteiger partial charge in [0.1, 0.15) is 11.0 Å². The predicted molar refractivity (Wildman–Crippen MR) is 124 cm³/mol. The third kappa shape index (κ3) is 4.68. The molecule has 0 fully saturated rings. The number of aryl methyl sites for hydroxylation is 1. The van der Waals surface area contributed by atoms with Crippen molar-refractivity contribution < 1.29 is 19.6 Å². The maximum absolute atomic E-state index is 13.5. The molecule has 0 bridgehead atoms. The number of Topliss-reactive ketones (excluding diaryl/α,β-unsaturated/α-hetero) is 1. The first-order valence-electron chi connectivity index (χ1n) is 9.87. The van der Waals surface area contributed by atoms with Crippen LogP contribution in [0.4, 0.5) is 5.69 Å². The van der Waals surface area contributed by atoms with Crippen LogP contribution in [0.2, 0.25) is 0 Å². The molecule has 1 aromatic heterocycles. The maximum atomic E-state index is 13.5. The molecule has 9 heteroatoms. The van der Waals surface area contributed by atoms with Crippen molar-refractivity contribution in [2.45, 2.75) is 13.3 Å². The highest BCUT2D eigenvalue weighted by molar-refractivity contribution is 7.00. The van der Waals surface area contributed by atoms with Crippen molar-refractivity contribution >= 4 is 45.8 Å². The van der Waals surface area contributed by atoms with E-state index in [-0.39, 0.29) is 23.3 Å². The average Bonchev–Trinajstić information content (AvgIpc) is 3.27. The molecule has 4 aromatic rings. The van der Waals surface area contributed by atoms with Crippen LogP contribution in [0, 0.1) is 17.0 Å². The molecule has 1 N–H and O–H groups in total. The second kappa shape index (κ2) is 9.09. The number of ketones is 1. The fraction of sp³-hybridized carbons (Fsp3) is 0.0833. The van der Waals surface area contributed by atoms with Gasteiger partial charge in [-0.3, -0.25) is 14.9 Å². The number of carbonyl (C=O) groups excluding carboxylic acids is 1. The second-order valence-electron chi connectivity index (χ2n) is 7.42. The Morgan fingerprint density at radius 3 is 2.21 bits per heavy atom. The Labute approximate surface area is 192 Å². The van der Waals surface area contributed by atoms with E-state index in [1.165, 1.54) is 24.3 Å². The minimum atomic E-state index is -1.25. The summed E-state index contributed by atoms with van der Waals surface area (Å²) in [6.07, 6.45) is -0.0142. The number of non-ortho nitro benzene ring substituents is 1. The number of carbonyl (C=O) groups is 2. The summed E-state index contributed by atoms with van der Waals surface area (Å²) in [6, 6.07) is 17.4. The Hall–Kier alpha value is -4.24. The summed E-state index contributed by atoms with van der Waals surface area (Å²) in [5, 5.41) is 21.1. The minimum Gasteiger partial charge on any atom is -0.478 e. The number of nitro benzene ring substituents is 1. The number of allylic oxidation sites excluding steroid dienone is 1. The van der Waals surface area contributed by atoms with E-state index in [9.17, 15) is 24.8 Å². The lowest BCUT2D eigenvalue weighted by Crippen LogP contribution is -2.14. The van der Waals surface area contributed by atoms with Crippen molar-refractivity contribution in [1.29, 1.82) is 0 Å². The third-order valence-electron chi connectivity index (χ3n) is 5.17. The van der Waals surface area contributed by atoms with E-state index in [0.29, 0.717) is 27.7 Å². The molecule has 8 nitrogen and oxygen atoms in total. The van der Waals surface area contributed by atoms with Gasteiger partial charge in [-0.05, 0) is 30.2 Å². The lowest BCUT2D eigenvalue weighted by atomic mass is 9.89. The Kier molecular flexibility index (Phi) is 6.05. The van der Waals surface area contributed by atoms with E-state index in [1.54, 1.807) is 42.5 Å². The van der Waals surface area contributed by atoms with Crippen LogP contribution in [-0.2, 0) is 11.2 Å². The van der Waals surface area contributed by atoms with E-state index in [4.69, 9.17) is 0 Å². The molecule has 0 saturated heterocycles. The van der Waals surface area contributed by atoms with Gasteiger partial charge in [-0.15, -0.1) is 0 Å². The zero-order valence-electron chi connectivity index (χ0n) is 17.4. The third-order valence-corrected chi connectivity index (χ3v) is 5.73. The number of fused-ring (bicyclic) bond motifs is 1. The average molecular weight is 459 g/mol. The molecule has 0 aliphatic heterocycles. The van der Waals surface area contributed by atoms with Gasteiger partial charge in [0.15, 0.2) is 5.78 Å². The normalized spacial score (nSPS) is 11.8. The summed E-state index contributed by atoms with van der Waals surface area (Å²) in [4.78, 5) is 36.4. The molecule has 164 valence electrons. The summed E-state index contributed by atoms with van der Waals surface area (Å²) in [7, 11) is 0. The number of nitrogens with zero attached hydrogens (tertiary/aromatic N) is 3. The fourth-order valence-corrected chi connectivity index (χ4v) is 3.98. The van der Waals surface area contributed by atoms with Crippen LogP contribution in [-0.4, -0.2) is 30.5 Å². The highest BCUT2D eigenvalue weighted by Crippen LogP contribution is 2.28. The van der Waals surface area contributed by atoms with Crippen molar-refractivity contribution in [3.05, 3.63) is 105 Å². The number of hydrogen-bond acceptors (Lipinski definition) is 7. The molecule has 0 spiro atoms. The molecule has 33 heavy (non-hydrogen) atoms. The molecule has 1 heterocycles. The van der Waals surface area contributed by atoms with Gasteiger partial charge >= 0.3 is 5.97 Å². The van der Waals surface area contributed by atoms with Crippen LogP contribution >= 0.6 is 11.7 Å². The molecule has 3 aromatic carbocycles. The number of carboxylic acids is 1. The smallest absolute Gasteiger partial charge is 0.336 e. The van der Waals surface area contributed by atoms with Crippen LogP contribution in [0.15, 0.2) is 72.3 Å². The predicted octanol–water partition coefficient (Wildman–Crippen LogP) is 4.87. The number of nitro groups is 1. The second-order valence-corrected chi connectivity index (χ2v) is 7.95. The molecule has 0 amide bonds. The largest absolute Gasteiger partial charge is 0.478 e. The molecule has 0 saturated carbocycles. The van der Waals surface area contributed by atoms with Crippen LogP contribution in [0.1, 0.15) is 27.0 Å². The molecule has 0 unspecified atom stereocenters. The van der Waals surface area contributed by atoms with Crippen LogP contribution in [0.5, 0.6) is 0 Å². The van der Waals surface area contributed by atoms with E-state index >= 15 is 0 Å². The monoisotopic (exact) mass is 459 g/mol. The zero-order valence-corrected chi connectivity index (χ0v) is 18.2. The van der Waals surface area contributed by atoms with Gasteiger partial charge in [0, 0.05) is 29.7 Å². The number of hydrogen-bond donors (Lipinski definition) is 1. The highest BCUT2D eigenvalue weighted by Gasteiger charge is 2.24. The highest BCUT2D eigenvalue weighted by atomic mass is 32.1. The van der Waals surface area contributed by atoms with Crippen molar-refractivity contribution in [2.75, 3.05) is 0 Å². The Bertz CT molecular complexity index is 1410. The summed E-state index contributed by atoms with van der Waals surface area (Å²) in [6.45, 7) is 1.89. The lowest BCUT2D eigenvalue weighted by Gasteiger charge is -2.13. The van der Waals surface area contributed by atoms with Gasteiger partial charge in [0.2, 0.25) is 0 Å². The molecule has 0 aliphatic rings. The number of aromatic nitrogens is 2. The minimum absolute atomic E-state index is 0.0142. The van der Waals surface area contributed by atoms with Gasteiger partial charge in [0.05, 0.1) is 22.2 Å². The topological polar surface area (TPSA) is 123 Å². The van der Waals surface area contributed by atoms with Crippen LogP contribution in [0.25, 0.3) is 16.6 Å². The van der Waals surface area contributed by atoms with Crippen LogP contribution in [0.3, 0.4) is 0 Å². The first-order valence-corrected chi connectivity index (χ1v) is 10.6. The molecular formula is C24H17N3O5S. The molecule has 0 atom stereocenters. The van der Waals surface area contributed by atoms with Crippen molar-refractivity contribution in [3.63, 3.8) is 0 Å².